The number of carbonyl (C=O) groups is 1. The van der Waals surface area contributed by atoms with Crippen molar-refractivity contribution in [1.82, 2.24) is 20.9 Å². The molecule has 27 heavy (non-hydrogen) atoms. The summed E-state index contributed by atoms with van der Waals surface area (Å²) in [5, 5.41) is 11.1. The Balaban J connectivity index is 1.35. The third-order valence-electron chi connectivity index (χ3n) is 7.58. The van der Waals surface area contributed by atoms with Crippen molar-refractivity contribution in [2.75, 3.05) is 20.6 Å². The molecule has 2 saturated heterocycles. The summed E-state index contributed by atoms with van der Waals surface area (Å²) in [5.74, 6) is 2.38. The molecule has 4 rings (SSSR count). The molecular weight excluding hydrogens is 336 g/mol. The number of fused-ring (bicyclic) bond motifs is 1. The Hall–Kier alpha value is -0.650. The predicted octanol–water partition coefficient (Wildman–Crippen LogP) is 2.12. The van der Waals surface area contributed by atoms with E-state index in [0.29, 0.717) is 41.9 Å². The number of hydrogen-bond donors (Lipinski definition) is 3. The lowest BCUT2D eigenvalue weighted by molar-refractivity contribution is -0.124. The van der Waals surface area contributed by atoms with E-state index in [1.165, 1.54) is 51.4 Å². The Bertz CT molecular complexity index is 520. The normalized spacial score (nSPS) is 40.6. The molecule has 3 N–H and O–H groups in total. The summed E-state index contributed by atoms with van der Waals surface area (Å²) < 4.78 is 0. The molecule has 2 aliphatic heterocycles. The first kappa shape index (κ1) is 19.7. The van der Waals surface area contributed by atoms with Gasteiger partial charge in [0.05, 0.1) is 6.04 Å². The smallest absolute Gasteiger partial charge is 0.237 e. The van der Waals surface area contributed by atoms with E-state index in [1.807, 2.05) is 0 Å². The van der Waals surface area contributed by atoms with Crippen LogP contribution in [0.25, 0.3) is 0 Å². The quantitative estimate of drug-likeness (QED) is 0.665. The minimum atomic E-state index is 0.0305. The minimum absolute atomic E-state index is 0.0305. The van der Waals surface area contributed by atoms with Crippen molar-refractivity contribution in [3.63, 3.8) is 0 Å². The van der Waals surface area contributed by atoms with E-state index < -0.39 is 0 Å². The van der Waals surface area contributed by atoms with Crippen LogP contribution in [0.1, 0.15) is 64.7 Å². The molecule has 5 heteroatoms. The molecule has 154 valence electrons. The molecule has 0 aromatic carbocycles. The van der Waals surface area contributed by atoms with Crippen LogP contribution in [0.5, 0.6) is 0 Å². The molecule has 0 bridgehead atoms. The van der Waals surface area contributed by atoms with Gasteiger partial charge in [-0.05, 0) is 76.8 Å². The third-order valence-corrected chi connectivity index (χ3v) is 7.58. The zero-order valence-electron chi connectivity index (χ0n) is 17.5. The number of amides is 1. The summed E-state index contributed by atoms with van der Waals surface area (Å²) in [5.41, 5.74) is 0. The molecule has 2 saturated carbocycles. The fourth-order valence-electron chi connectivity index (χ4n) is 6.07. The number of hydrogen-bond acceptors (Lipinski definition) is 4. The highest BCUT2D eigenvalue weighted by molar-refractivity contribution is 5.82. The van der Waals surface area contributed by atoms with E-state index in [4.69, 9.17) is 0 Å². The predicted molar refractivity (Wildman–Crippen MR) is 110 cm³/mol. The van der Waals surface area contributed by atoms with Crippen LogP contribution in [0.2, 0.25) is 0 Å². The van der Waals surface area contributed by atoms with Crippen molar-refractivity contribution >= 4 is 5.91 Å². The molecule has 0 radical (unpaired) electrons. The monoisotopic (exact) mass is 376 g/mol. The van der Waals surface area contributed by atoms with Gasteiger partial charge in [-0.25, -0.2) is 0 Å². The number of piperidine rings is 1. The zero-order valence-corrected chi connectivity index (χ0v) is 17.5. The topological polar surface area (TPSA) is 56.4 Å². The summed E-state index contributed by atoms with van der Waals surface area (Å²) in [7, 11) is 4.30. The average molecular weight is 377 g/mol. The van der Waals surface area contributed by atoms with Gasteiger partial charge in [0.25, 0.3) is 0 Å². The number of rotatable bonds is 6. The molecule has 0 aromatic rings. The van der Waals surface area contributed by atoms with Crippen LogP contribution in [0, 0.1) is 17.8 Å². The van der Waals surface area contributed by atoms with E-state index in [0.717, 1.165) is 13.0 Å². The fourth-order valence-corrected chi connectivity index (χ4v) is 6.07. The Kier molecular flexibility index (Phi) is 6.10. The fraction of sp³-hybridized carbons (Fsp3) is 0.955. The number of carbonyl (C=O) groups excluding carboxylic acids is 1. The molecule has 4 aliphatic rings. The van der Waals surface area contributed by atoms with Crippen LogP contribution in [0.3, 0.4) is 0 Å². The Morgan fingerprint density at radius 1 is 1.07 bits per heavy atom. The van der Waals surface area contributed by atoms with Crippen LogP contribution >= 0.6 is 0 Å². The molecule has 0 aromatic heterocycles. The summed E-state index contributed by atoms with van der Waals surface area (Å²) >= 11 is 0. The lowest BCUT2D eigenvalue weighted by atomic mass is 9.78. The van der Waals surface area contributed by atoms with Gasteiger partial charge >= 0.3 is 0 Å². The van der Waals surface area contributed by atoms with Gasteiger partial charge < -0.3 is 20.9 Å². The van der Waals surface area contributed by atoms with Gasteiger partial charge in [-0.2, -0.15) is 0 Å². The summed E-state index contributed by atoms with van der Waals surface area (Å²) in [4.78, 5) is 15.4. The Morgan fingerprint density at radius 2 is 1.85 bits per heavy atom. The van der Waals surface area contributed by atoms with Crippen molar-refractivity contribution in [1.29, 1.82) is 0 Å². The van der Waals surface area contributed by atoms with E-state index in [2.05, 4.69) is 41.9 Å². The van der Waals surface area contributed by atoms with E-state index >= 15 is 0 Å². The van der Waals surface area contributed by atoms with E-state index in [-0.39, 0.29) is 11.9 Å². The molecule has 2 heterocycles. The largest absolute Gasteiger partial charge is 0.350 e. The highest BCUT2D eigenvalue weighted by Crippen LogP contribution is 2.38. The van der Waals surface area contributed by atoms with Gasteiger partial charge in [-0.3, -0.25) is 4.79 Å². The number of nitrogens with one attached hydrogen (secondary N) is 3. The Labute approximate surface area is 165 Å². The van der Waals surface area contributed by atoms with Crippen LogP contribution in [-0.2, 0) is 4.79 Å². The van der Waals surface area contributed by atoms with Gasteiger partial charge in [0.1, 0.15) is 0 Å². The standard InChI is InChI=1S/C22H40N4O/c1-14-6-4-7-16-12-19(24-20(14)16)22(27)25-21(15-10-11-15)18-9-5-8-17(23-18)13-26(2)3/h14-21,23-24H,4-13H2,1-3H3,(H,25,27). The first-order valence-corrected chi connectivity index (χ1v) is 11.5. The van der Waals surface area contributed by atoms with Crippen molar-refractivity contribution in [3.05, 3.63) is 0 Å². The second-order valence-electron chi connectivity index (χ2n) is 10.2. The second kappa shape index (κ2) is 8.38. The molecule has 2 aliphatic carbocycles. The van der Waals surface area contributed by atoms with Crippen molar-refractivity contribution in [2.24, 2.45) is 17.8 Å². The Morgan fingerprint density at radius 3 is 2.56 bits per heavy atom. The van der Waals surface area contributed by atoms with Gasteiger partial charge in [-0.1, -0.05) is 19.8 Å². The van der Waals surface area contributed by atoms with Crippen molar-refractivity contribution in [3.8, 4) is 0 Å². The molecule has 5 nitrogen and oxygen atoms in total. The average Bonchev–Trinajstić information content (AvgIpc) is 3.37. The third kappa shape index (κ3) is 4.68. The summed E-state index contributed by atoms with van der Waals surface area (Å²) in [6, 6.07) is 1.92. The summed E-state index contributed by atoms with van der Waals surface area (Å²) in [6.07, 6.45) is 11.3. The van der Waals surface area contributed by atoms with Crippen LogP contribution in [0.4, 0.5) is 0 Å². The van der Waals surface area contributed by atoms with Crippen LogP contribution < -0.4 is 16.0 Å². The van der Waals surface area contributed by atoms with E-state index in [1.54, 1.807) is 0 Å². The lowest BCUT2D eigenvalue weighted by Crippen LogP contribution is -2.59. The highest BCUT2D eigenvalue weighted by Gasteiger charge is 2.44. The highest BCUT2D eigenvalue weighted by atomic mass is 16.2. The van der Waals surface area contributed by atoms with Crippen LogP contribution in [0.15, 0.2) is 0 Å². The second-order valence-corrected chi connectivity index (χ2v) is 10.2. The molecule has 4 fully saturated rings. The number of likely N-dealkylation sites (N-methyl/N-ethyl adjacent to an activating group) is 1. The van der Waals surface area contributed by atoms with E-state index in [9.17, 15) is 4.79 Å². The minimum Gasteiger partial charge on any atom is -0.350 e. The molecular formula is C22H40N4O. The first-order chi connectivity index (χ1) is 13.0. The zero-order chi connectivity index (χ0) is 19.0. The molecule has 1 amide bonds. The summed E-state index contributed by atoms with van der Waals surface area (Å²) in [6.45, 7) is 3.45. The maximum Gasteiger partial charge on any atom is 0.237 e. The van der Waals surface area contributed by atoms with Crippen LogP contribution in [-0.4, -0.2) is 61.7 Å². The van der Waals surface area contributed by atoms with Gasteiger partial charge in [-0.15, -0.1) is 0 Å². The van der Waals surface area contributed by atoms with Gasteiger partial charge in [0.2, 0.25) is 5.91 Å². The molecule has 7 unspecified atom stereocenters. The maximum atomic E-state index is 13.1. The SMILES string of the molecule is CC1CCCC2CC(C(=O)NC(C3CC3)C3CCCC(CN(C)C)N3)NC12. The van der Waals surface area contributed by atoms with Gasteiger partial charge in [0.15, 0.2) is 0 Å². The maximum absolute atomic E-state index is 13.1. The molecule has 0 spiro atoms. The van der Waals surface area contributed by atoms with Crippen molar-refractivity contribution in [2.45, 2.75) is 94.9 Å². The van der Waals surface area contributed by atoms with Gasteiger partial charge in [0, 0.05) is 30.7 Å². The number of nitrogens with zero attached hydrogens (tertiary/aromatic N) is 1. The lowest BCUT2D eigenvalue weighted by Gasteiger charge is -2.38. The molecule has 7 atom stereocenters. The van der Waals surface area contributed by atoms with Crippen molar-refractivity contribution < 1.29 is 4.79 Å². The first-order valence-electron chi connectivity index (χ1n) is 11.5.